The van der Waals surface area contributed by atoms with Crippen LogP contribution in [0.1, 0.15) is 69.4 Å². The molecule has 17 heteroatoms. The third-order valence-corrected chi connectivity index (χ3v) is 12.3. The molecule has 3 amide bonds. The molecule has 3 aliphatic carbocycles. The number of carbonyl (C=O) groups excluding carboxylic acids is 3. The number of piperidine rings is 1. The number of alkyl halides is 6. The first-order valence-electron chi connectivity index (χ1n) is 18.1. The molecular weight excluding hydrogens is 705 g/mol. The Morgan fingerprint density at radius 3 is 2.13 bits per heavy atom. The fraction of sp³-hybridized carbons (Fsp3) is 0.743. The number of benzene rings is 1. The Hall–Kier alpha value is -3.18. The Balaban J connectivity index is 1.09. The Morgan fingerprint density at radius 1 is 0.942 bits per heavy atom. The minimum Gasteiger partial charge on any atom is -0.487 e. The Bertz CT molecular complexity index is 1590. The van der Waals surface area contributed by atoms with Gasteiger partial charge in [-0.25, -0.2) is 4.39 Å². The molecule has 3 saturated carbocycles. The van der Waals surface area contributed by atoms with E-state index < -0.39 is 84.2 Å². The van der Waals surface area contributed by atoms with Crippen LogP contribution >= 0.6 is 0 Å². The molecule has 52 heavy (non-hydrogen) atoms. The number of fused-ring (bicyclic) bond motifs is 1. The quantitative estimate of drug-likeness (QED) is 0.347. The van der Waals surface area contributed by atoms with Crippen LogP contribution in [0.25, 0.3) is 0 Å². The van der Waals surface area contributed by atoms with E-state index in [0.717, 1.165) is 36.6 Å². The van der Waals surface area contributed by atoms with Crippen molar-refractivity contribution in [3.63, 3.8) is 0 Å². The van der Waals surface area contributed by atoms with Gasteiger partial charge in [-0.05, 0) is 75.2 Å². The van der Waals surface area contributed by atoms with Crippen molar-refractivity contribution < 1.29 is 59.3 Å². The van der Waals surface area contributed by atoms with Gasteiger partial charge in [-0.1, -0.05) is 0 Å². The smallest absolute Gasteiger partial charge is 0.416 e. The van der Waals surface area contributed by atoms with Crippen molar-refractivity contribution in [1.29, 1.82) is 0 Å². The van der Waals surface area contributed by atoms with E-state index in [0.29, 0.717) is 39.1 Å². The van der Waals surface area contributed by atoms with Crippen molar-refractivity contribution >= 4 is 23.4 Å². The lowest BCUT2D eigenvalue weighted by Crippen LogP contribution is -2.59. The van der Waals surface area contributed by atoms with E-state index in [2.05, 4.69) is 15.5 Å². The molecule has 10 nitrogen and oxygen atoms in total. The number of morpholine rings is 1. The van der Waals surface area contributed by atoms with Gasteiger partial charge in [0.25, 0.3) is 0 Å². The molecule has 0 aromatic heterocycles. The summed E-state index contributed by atoms with van der Waals surface area (Å²) in [4.78, 5) is 43.6. The van der Waals surface area contributed by atoms with E-state index in [9.17, 15) is 40.7 Å². The molecule has 7 aliphatic rings. The van der Waals surface area contributed by atoms with Gasteiger partial charge in [0, 0.05) is 31.1 Å². The van der Waals surface area contributed by atoms with Crippen LogP contribution in [0.5, 0.6) is 5.75 Å². The number of likely N-dealkylation sites (tertiary alicyclic amines) is 1. The third-order valence-electron chi connectivity index (χ3n) is 12.3. The number of nitrogens with zero attached hydrogens (tertiary/aromatic N) is 2. The van der Waals surface area contributed by atoms with Crippen molar-refractivity contribution in [2.24, 2.45) is 23.2 Å². The Labute approximate surface area is 295 Å². The summed E-state index contributed by atoms with van der Waals surface area (Å²) in [6.45, 7) is 0.759. The molecule has 2 unspecified atom stereocenters. The summed E-state index contributed by atoms with van der Waals surface area (Å²) in [5.41, 5.74) is -3.71. The minimum absolute atomic E-state index is 0.0332. The summed E-state index contributed by atoms with van der Waals surface area (Å²) in [5.74, 6) is -4.06. The van der Waals surface area contributed by atoms with Crippen molar-refractivity contribution in [3.8, 4) is 5.75 Å². The van der Waals surface area contributed by atoms with Crippen molar-refractivity contribution in [1.82, 2.24) is 15.1 Å². The maximum absolute atomic E-state index is 16.1. The maximum atomic E-state index is 16.1. The topological polar surface area (TPSA) is 109 Å². The van der Waals surface area contributed by atoms with Crippen molar-refractivity contribution in [2.45, 2.75) is 100.0 Å². The molecule has 286 valence electrons. The van der Waals surface area contributed by atoms with Gasteiger partial charge in [-0.15, -0.1) is 0 Å². The second-order valence-corrected chi connectivity index (χ2v) is 15.8. The highest BCUT2D eigenvalue weighted by molar-refractivity contribution is 5.99. The fourth-order valence-corrected chi connectivity index (χ4v) is 8.63. The van der Waals surface area contributed by atoms with Gasteiger partial charge in [-0.2, -0.15) is 26.3 Å². The zero-order chi connectivity index (χ0) is 36.8. The molecule has 8 rings (SSSR count). The Kier molecular flexibility index (Phi) is 8.76. The molecule has 4 aliphatic heterocycles. The first kappa shape index (κ1) is 35.8. The van der Waals surface area contributed by atoms with Gasteiger partial charge in [0.2, 0.25) is 17.7 Å². The predicted molar refractivity (Wildman–Crippen MR) is 167 cm³/mol. The minimum atomic E-state index is -4.79. The van der Waals surface area contributed by atoms with Gasteiger partial charge >= 0.3 is 12.4 Å². The number of anilines is 1. The second kappa shape index (κ2) is 12.7. The average Bonchev–Trinajstić information content (AvgIpc) is 3.89. The monoisotopic (exact) mass is 746 g/mol. The zero-order valence-electron chi connectivity index (χ0n) is 28.3. The number of nitrogens with one attached hydrogen (secondary N) is 2. The van der Waals surface area contributed by atoms with Crippen molar-refractivity contribution in [2.75, 3.05) is 44.8 Å². The lowest BCUT2D eigenvalue weighted by molar-refractivity contribution is -0.238. The lowest BCUT2D eigenvalue weighted by Gasteiger charge is -2.51. The molecule has 0 radical (unpaired) electrons. The normalized spacial score (nSPS) is 28.2. The summed E-state index contributed by atoms with van der Waals surface area (Å²) in [7, 11) is 0. The van der Waals surface area contributed by atoms with Gasteiger partial charge in [0.05, 0.1) is 37.5 Å². The molecule has 6 fully saturated rings. The van der Waals surface area contributed by atoms with E-state index in [1.165, 1.54) is 6.07 Å². The second-order valence-electron chi connectivity index (χ2n) is 15.8. The summed E-state index contributed by atoms with van der Waals surface area (Å²) in [6.07, 6.45) is -8.46. The Morgan fingerprint density at radius 2 is 1.60 bits per heavy atom. The van der Waals surface area contributed by atoms with Crippen molar-refractivity contribution in [3.05, 3.63) is 23.5 Å². The number of amides is 3. The van der Waals surface area contributed by atoms with Crippen LogP contribution in [-0.2, 0) is 23.9 Å². The first-order chi connectivity index (χ1) is 24.6. The number of ether oxygens (including phenoxy) is 3. The van der Waals surface area contributed by atoms with Crippen LogP contribution in [0.2, 0.25) is 0 Å². The third kappa shape index (κ3) is 6.62. The lowest BCUT2D eigenvalue weighted by atomic mass is 9.79. The van der Waals surface area contributed by atoms with Crippen LogP contribution in [0, 0.1) is 29.0 Å². The van der Waals surface area contributed by atoms with Gasteiger partial charge in [-0.3, -0.25) is 19.3 Å². The molecule has 3 saturated heterocycles. The zero-order valence-corrected chi connectivity index (χ0v) is 28.3. The molecule has 3 atom stereocenters. The largest absolute Gasteiger partial charge is 0.487 e. The van der Waals surface area contributed by atoms with E-state index >= 15 is 4.39 Å². The van der Waals surface area contributed by atoms with E-state index in [1.807, 2.05) is 0 Å². The number of hydrogen-bond donors (Lipinski definition) is 2. The average molecular weight is 747 g/mol. The predicted octanol–water partition coefficient (Wildman–Crippen LogP) is 4.87. The SMILES string of the molecule is O=C(Nc1cc2c(cc1F)C(N1CC(C(F)(F)F)OCC1=O)CC1(CCN(C3COC3)CC1)O2)[C@@H](NC(=O)C1(C(F)(F)F)CC1)C(C1CC1)C1CC1. The molecule has 4 heterocycles. The van der Waals surface area contributed by atoms with Gasteiger partial charge < -0.3 is 29.7 Å². The van der Waals surface area contributed by atoms with Crippen LogP contribution in [-0.4, -0.2) is 103 Å². The highest BCUT2D eigenvalue weighted by Crippen LogP contribution is 2.58. The molecule has 1 aromatic rings. The first-order valence-corrected chi connectivity index (χ1v) is 18.1. The number of rotatable bonds is 9. The summed E-state index contributed by atoms with van der Waals surface area (Å²) >= 11 is 0. The molecule has 1 spiro atoms. The highest BCUT2D eigenvalue weighted by atomic mass is 19.4. The van der Waals surface area contributed by atoms with Crippen LogP contribution < -0.4 is 15.4 Å². The standard InChI is InChI=1S/C35H41F7N4O6/c36-22-11-21-24(46-14-26(34(37,38)39)51-17-27(46)47)13-32(7-9-45(10-8-32)20-15-50-16-20)52-25(21)12-23(22)43-30(48)29(28(18-1-2-18)19-3-4-19)44-31(49)33(5-6-33)35(40,41)42/h11-12,18-20,24,26,28-29H,1-10,13-17H2,(H,43,48)(H,44,49)/t24?,26?,29-/m0/s1. The van der Waals surface area contributed by atoms with Gasteiger partial charge in [0.1, 0.15) is 35.2 Å². The number of hydrogen-bond acceptors (Lipinski definition) is 7. The molecule has 1 aromatic carbocycles. The summed E-state index contributed by atoms with van der Waals surface area (Å²) in [5, 5.41) is 4.94. The van der Waals surface area contributed by atoms with Crippen LogP contribution in [0.3, 0.4) is 0 Å². The van der Waals surface area contributed by atoms with E-state index in [1.54, 1.807) is 0 Å². The van der Waals surface area contributed by atoms with Crippen LogP contribution in [0.4, 0.5) is 36.4 Å². The number of carbonyl (C=O) groups is 3. The molecule has 2 N–H and O–H groups in total. The summed E-state index contributed by atoms with van der Waals surface area (Å²) in [6, 6.07) is 0.163. The van der Waals surface area contributed by atoms with Crippen LogP contribution in [0.15, 0.2) is 12.1 Å². The fourth-order valence-electron chi connectivity index (χ4n) is 8.63. The molecule has 0 bridgehead atoms. The summed E-state index contributed by atoms with van der Waals surface area (Å²) < 4.78 is 116. The van der Waals surface area contributed by atoms with E-state index in [4.69, 9.17) is 14.2 Å². The molecular formula is C35H41F7N4O6. The van der Waals surface area contributed by atoms with E-state index in [-0.39, 0.29) is 54.1 Å². The number of halogens is 7. The maximum Gasteiger partial charge on any atom is 0.416 e. The van der Waals surface area contributed by atoms with Gasteiger partial charge in [0.15, 0.2) is 6.10 Å². The highest BCUT2D eigenvalue weighted by Gasteiger charge is 2.69.